The number of anilines is 1. The molecule has 0 amide bonds. The highest BCUT2D eigenvalue weighted by molar-refractivity contribution is 7.18. The van der Waals surface area contributed by atoms with Crippen molar-refractivity contribution < 1.29 is 9.47 Å². The van der Waals surface area contributed by atoms with Gasteiger partial charge in [0.1, 0.15) is 17.0 Å². The SMILES string of the molecule is CCc1cc2c(N3CCC(OCC4CCOC4)CC3)ncnc2s1. The summed E-state index contributed by atoms with van der Waals surface area (Å²) in [6.45, 7) is 6.83. The van der Waals surface area contributed by atoms with Gasteiger partial charge in [-0.25, -0.2) is 9.97 Å². The zero-order valence-corrected chi connectivity index (χ0v) is 15.1. The summed E-state index contributed by atoms with van der Waals surface area (Å²) in [6, 6.07) is 2.26. The van der Waals surface area contributed by atoms with Gasteiger partial charge in [-0.15, -0.1) is 11.3 Å². The van der Waals surface area contributed by atoms with E-state index in [0.29, 0.717) is 12.0 Å². The van der Waals surface area contributed by atoms with Crippen molar-refractivity contribution in [2.45, 2.75) is 38.7 Å². The quantitative estimate of drug-likeness (QED) is 0.831. The lowest BCUT2D eigenvalue weighted by Gasteiger charge is -2.33. The van der Waals surface area contributed by atoms with Crippen LogP contribution in [0, 0.1) is 5.92 Å². The predicted octanol–water partition coefficient (Wildman–Crippen LogP) is 3.28. The zero-order valence-electron chi connectivity index (χ0n) is 14.2. The van der Waals surface area contributed by atoms with Gasteiger partial charge in [0.15, 0.2) is 0 Å². The molecule has 0 spiro atoms. The van der Waals surface area contributed by atoms with Crippen LogP contribution in [-0.2, 0) is 15.9 Å². The van der Waals surface area contributed by atoms with E-state index in [0.717, 1.165) is 69.2 Å². The molecule has 2 fully saturated rings. The molecule has 2 aliphatic heterocycles. The van der Waals surface area contributed by atoms with Gasteiger partial charge >= 0.3 is 0 Å². The summed E-state index contributed by atoms with van der Waals surface area (Å²) in [5.41, 5.74) is 0. The van der Waals surface area contributed by atoms with E-state index >= 15 is 0 Å². The maximum Gasteiger partial charge on any atom is 0.140 e. The third-order valence-electron chi connectivity index (χ3n) is 5.04. The summed E-state index contributed by atoms with van der Waals surface area (Å²) < 4.78 is 11.5. The predicted molar refractivity (Wildman–Crippen MR) is 96.9 cm³/mol. The highest BCUT2D eigenvalue weighted by atomic mass is 32.1. The highest BCUT2D eigenvalue weighted by Crippen LogP contribution is 2.32. The number of rotatable bonds is 5. The lowest BCUT2D eigenvalue weighted by Crippen LogP contribution is -2.38. The Hall–Kier alpha value is -1.24. The Labute approximate surface area is 147 Å². The van der Waals surface area contributed by atoms with Crippen LogP contribution < -0.4 is 4.90 Å². The van der Waals surface area contributed by atoms with Crippen molar-refractivity contribution in [3.8, 4) is 0 Å². The summed E-state index contributed by atoms with van der Waals surface area (Å²) >= 11 is 1.78. The van der Waals surface area contributed by atoms with Crippen LogP contribution in [0.25, 0.3) is 10.2 Å². The third-order valence-corrected chi connectivity index (χ3v) is 6.23. The van der Waals surface area contributed by atoms with Gasteiger partial charge in [-0.05, 0) is 31.7 Å². The molecule has 2 aromatic rings. The fourth-order valence-electron chi connectivity index (χ4n) is 3.54. The third kappa shape index (κ3) is 3.41. The first-order valence-corrected chi connectivity index (χ1v) is 9.83. The minimum Gasteiger partial charge on any atom is -0.381 e. The lowest BCUT2D eigenvalue weighted by atomic mass is 10.1. The maximum atomic E-state index is 6.12. The number of nitrogens with zero attached hydrogens (tertiary/aromatic N) is 3. The molecule has 130 valence electrons. The molecule has 24 heavy (non-hydrogen) atoms. The largest absolute Gasteiger partial charge is 0.381 e. The van der Waals surface area contributed by atoms with Crippen molar-refractivity contribution in [2.24, 2.45) is 5.92 Å². The molecule has 5 nitrogen and oxygen atoms in total. The number of hydrogen-bond acceptors (Lipinski definition) is 6. The van der Waals surface area contributed by atoms with E-state index in [1.54, 1.807) is 17.7 Å². The van der Waals surface area contributed by atoms with Crippen molar-refractivity contribution in [2.75, 3.05) is 37.8 Å². The number of piperidine rings is 1. The molecule has 0 bridgehead atoms. The highest BCUT2D eigenvalue weighted by Gasteiger charge is 2.24. The van der Waals surface area contributed by atoms with Gasteiger partial charge < -0.3 is 14.4 Å². The minimum absolute atomic E-state index is 0.382. The molecule has 1 unspecified atom stereocenters. The maximum absolute atomic E-state index is 6.12. The molecule has 2 aromatic heterocycles. The minimum atomic E-state index is 0.382. The van der Waals surface area contributed by atoms with Crippen LogP contribution >= 0.6 is 11.3 Å². The van der Waals surface area contributed by atoms with Crippen LogP contribution in [0.3, 0.4) is 0 Å². The molecule has 0 aliphatic carbocycles. The first-order chi connectivity index (χ1) is 11.8. The number of hydrogen-bond donors (Lipinski definition) is 0. The average Bonchev–Trinajstić information content (AvgIpc) is 3.29. The Morgan fingerprint density at radius 2 is 2.17 bits per heavy atom. The summed E-state index contributed by atoms with van der Waals surface area (Å²) in [5.74, 6) is 1.70. The van der Waals surface area contributed by atoms with Gasteiger partial charge in [0.25, 0.3) is 0 Å². The number of aryl methyl sites for hydroxylation is 1. The molecular weight excluding hydrogens is 322 g/mol. The van der Waals surface area contributed by atoms with E-state index in [9.17, 15) is 0 Å². The van der Waals surface area contributed by atoms with E-state index in [1.807, 2.05) is 0 Å². The van der Waals surface area contributed by atoms with Crippen molar-refractivity contribution >= 4 is 27.4 Å². The van der Waals surface area contributed by atoms with E-state index in [1.165, 1.54) is 10.3 Å². The van der Waals surface area contributed by atoms with Crippen LogP contribution in [0.4, 0.5) is 5.82 Å². The molecule has 1 atom stereocenters. The van der Waals surface area contributed by atoms with E-state index in [-0.39, 0.29) is 0 Å². The average molecular weight is 347 g/mol. The van der Waals surface area contributed by atoms with Gasteiger partial charge in [-0.3, -0.25) is 0 Å². The molecule has 2 aliphatic rings. The molecule has 0 radical (unpaired) electrons. The van der Waals surface area contributed by atoms with Gasteiger partial charge in [-0.1, -0.05) is 6.92 Å². The van der Waals surface area contributed by atoms with Crippen molar-refractivity contribution in [1.82, 2.24) is 9.97 Å². The van der Waals surface area contributed by atoms with Crippen molar-refractivity contribution in [1.29, 1.82) is 0 Å². The fourth-order valence-corrected chi connectivity index (χ4v) is 4.47. The molecule has 6 heteroatoms. The molecule has 0 saturated carbocycles. The van der Waals surface area contributed by atoms with E-state index < -0.39 is 0 Å². The molecule has 0 aromatic carbocycles. The van der Waals surface area contributed by atoms with Gasteiger partial charge in [0.05, 0.1) is 24.7 Å². The Bertz CT molecular complexity index is 676. The molecule has 2 saturated heterocycles. The topological polar surface area (TPSA) is 47.5 Å². The van der Waals surface area contributed by atoms with Gasteiger partial charge in [0, 0.05) is 30.5 Å². The Morgan fingerprint density at radius 1 is 1.29 bits per heavy atom. The van der Waals surface area contributed by atoms with Crippen LogP contribution in [0.15, 0.2) is 12.4 Å². The second-order valence-corrected chi connectivity index (χ2v) is 7.85. The summed E-state index contributed by atoms with van der Waals surface area (Å²) in [7, 11) is 0. The van der Waals surface area contributed by atoms with E-state index in [4.69, 9.17) is 9.47 Å². The molecule has 0 N–H and O–H groups in total. The summed E-state index contributed by atoms with van der Waals surface area (Å²) in [5, 5.41) is 1.21. The Morgan fingerprint density at radius 3 is 2.92 bits per heavy atom. The number of fused-ring (bicyclic) bond motifs is 1. The first-order valence-electron chi connectivity index (χ1n) is 9.01. The molecule has 4 heterocycles. The first kappa shape index (κ1) is 16.2. The smallest absolute Gasteiger partial charge is 0.140 e. The van der Waals surface area contributed by atoms with Crippen LogP contribution in [0.2, 0.25) is 0 Å². The summed E-state index contributed by atoms with van der Waals surface area (Å²) in [4.78, 5) is 13.9. The van der Waals surface area contributed by atoms with Gasteiger partial charge in [-0.2, -0.15) is 0 Å². The Balaban J connectivity index is 1.37. The fraction of sp³-hybridized carbons (Fsp3) is 0.667. The number of ether oxygens (including phenoxy) is 2. The van der Waals surface area contributed by atoms with Crippen LogP contribution in [-0.4, -0.2) is 49.0 Å². The van der Waals surface area contributed by atoms with Gasteiger partial charge in [0.2, 0.25) is 0 Å². The zero-order chi connectivity index (χ0) is 16.4. The Kier molecular flexibility index (Phi) is 4.96. The second kappa shape index (κ2) is 7.33. The van der Waals surface area contributed by atoms with Crippen LogP contribution in [0.5, 0.6) is 0 Å². The van der Waals surface area contributed by atoms with E-state index in [2.05, 4.69) is 27.9 Å². The number of aromatic nitrogens is 2. The summed E-state index contributed by atoms with van der Waals surface area (Å²) in [6.07, 6.45) is 6.44. The van der Waals surface area contributed by atoms with Crippen molar-refractivity contribution in [3.05, 3.63) is 17.3 Å². The normalized spacial score (nSPS) is 22.5. The molecule has 4 rings (SSSR count). The monoisotopic (exact) mass is 347 g/mol. The van der Waals surface area contributed by atoms with Crippen molar-refractivity contribution in [3.63, 3.8) is 0 Å². The second-order valence-electron chi connectivity index (χ2n) is 6.73. The lowest BCUT2D eigenvalue weighted by molar-refractivity contribution is 0.0131. The molecular formula is C18H25N3O2S. The number of thiophene rings is 1. The van der Waals surface area contributed by atoms with Crippen LogP contribution in [0.1, 0.15) is 31.1 Å². The standard InChI is InChI=1S/C18H25N3O2S/c1-2-15-9-16-17(19-12-20-18(16)24-15)21-6-3-14(4-7-21)23-11-13-5-8-22-10-13/h9,12-14H,2-8,10-11H2,1H3.